The fourth-order valence-electron chi connectivity index (χ4n) is 5.16. The molecule has 7 nitrogen and oxygen atoms in total. The third-order valence-corrected chi connectivity index (χ3v) is 6.74. The van der Waals surface area contributed by atoms with Crippen molar-refractivity contribution in [1.82, 2.24) is 14.9 Å². The number of anilines is 1. The number of carbonyl (C=O) groups is 1. The number of carbonyl (C=O) groups excluding carboxylic acids is 1. The quantitative estimate of drug-likeness (QED) is 0.403. The normalized spacial score (nSPS) is 22.8. The molecule has 4 N–H and O–H groups in total. The maximum Gasteiger partial charge on any atom is 0.405 e. The number of para-hydroxylation sites is 1. The summed E-state index contributed by atoms with van der Waals surface area (Å²) in [6.45, 7) is 0.491. The number of allylic oxidation sites excluding steroid dienone is 1. The van der Waals surface area contributed by atoms with E-state index in [9.17, 15) is 23.1 Å². The summed E-state index contributed by atoms with van der Waals surface area (Å²) in [6, 6.07) is 8.44. The summed E-state index contributed by atoms with van der Waals surface area (Å²) in [4.78, 5) is 22.2. The number of amides is 1. The third kappa shape index (κ3) is 4.07. The predicted molar refractivity (Wildman–Crippen MR) is 125 cm³/mol. The second kappa shape index (κ2) is 8.53. The van der Waals surface area contributed by atoms with Crippen LogP contribution >= 0.6 is 0 Å². The second-order valence-corrected chi connectivity index (χ2v) is 8.89. The zero-order valence-corrected chi connectivity index (χ0v) is 18.9. The van der Waals surface area contributed by atoms with Crippen molar-refractivity contribution in [2.45, 2.75) is 38.1 Å². The molecule has 1 aromatic carbocycles. The van der Waals surface area contributed by atoms with E-state index >= 15 is 0 Å². The largest absolute Gasteiger partial charge is 0.405 e. The molecule has 10 heteroatoms. The molecule has 2 fully saturated rings. The molecule has 182 valence electrons. The lowest BCUT2D eigenvalue weighted by Gasteiger charge is -2.46. The Morgan fingerprint density at radius 1 is 1.31 bits per heavy atom. The molecule has 3 heterocycles. The molecule has 2 aliphatic rings. The fourth-order valence-corrected chi connectivity index (χ4v) is 5.16. The van der Waals surface area contributed by atoms with Crippen LogP contribution in [0, 0.1) is 11.3 Å². The first-order valence-electron chi connectivity index (χ1n) is 11.3. The predicted octanol–water partition coefficient (Wildman–Crippen LogP) is 4.45. The van der Waals surface area contributed by atoms with Gasteiger partial charge in [-0.1, -0.05) is 24.3 Å². The van der Waals surface area contributed by atoms with Crippen LogP contribution in [0.3, 0.4) is 0 Å². The number of aromatic amines is 1. The van der Waals surface area contributed by atoms with Crippen molar-refractivity contribution in [2.75, 3.05) is 11.9 Å². The monoisotopic (exact) mass is 483 g/mol. The summed E-state index contributed by atoms with van der Waals surface area (Å²) in [7, 11) is 0. The van der Waals surface area contributed by atoms with Crippen molar-refractivity contribution in [3.05, 3.63) is 71.3 Å². The molecule has 0 bridgehead atoms. The summed E-state index contributed by atoms with van der Waals surface area (Å²) in [5.74, 6) is -0.343. The van der Waals surface area contributed by atoms with Crippen molar-refractivity contribution < 1.29 is 23.1 Å². The minimum Gasteiger partial charge on any atom is -0.393 e. The van der Waals surface area contributed by atoms with E-state index in [2.05, 4.69) is 15.3 Å². The highest BCUT2D eigenvalue weighted by Gasteiger charge is 2.52. The average Bonchev–Trinajstić information content (AvgIpc) is 3.39. The maximum atomic E-state index is 13.3. The highest BCUT2D eigenvalue weighted by Crippen LogP contribution is 2.47. The summed E-state index contributed by atoms with van der Waals surface area (Å²) in [5.41, 5.74) is 2.21. The number of nitrogens with one attached hydrogen (secondary N) is 3. The Morgan fingerprint density at radius 2 is 2.09 bits per heavy atom. The smallest absolute Gasteiger partial charge is 0.393 e. The SMILES string of the molecule is C/C=C1\C2CC(O)CC2N1C(=O)c1cc(NCC(F)(F)F)c(C(=N)c2c[nH]c3ccccc23)cn1. The first kappa shape index (κ1) is 23.1. The fraction of sp³-hybridized carbons (Fsp3) is 0.320. The van der Waals surface area contributed by atoms with Gasteiger partial charge in [-0.3, -0.25) is 15.2 Å². The number of aliphatic hydroxyl groups excluding tert-OH is 1. The van der Waals surface area contributed by atoms with Crippen LogP contribution in [-0.4, -0.2) is 56.5 Å². The third-order valence-electron chi connectivity index (χ3n) is 6.74. The molecule has 0 radical (unpaired) electrons. The van der Waals surface area contributed by atoms with E-state index in [1.807, 2.05) is 37.3 Å². The summed E-state index contributed by atoms with van der Waals surface area (Å²) in [6.07, 6.45) is 0.776. The Bertz CT molecular complexity index is 1350. The minimum absolute atomic E-state index is 0.00140. The Balaban J connectivity index is 1.50. The number of pyridine rings is 1. The number of aliphatic hydroxyl groups is 1. The van der Waals surface area contributed by atoms with Crippen molar-refractivity contribution >= 4 is 28.2 Å². The van der Waals surface area contributed by atoms with Crippen LogP contribution in [-0.2, 0) is 0 Å². The number of nitrogens with zero attached hydrogens (tertiary/aromatic N) is 2. The van der Waals surface area contributed by atoms with E-state index in [1.54, 1.807) is 11.1 Å². The number of hydrogen-bond donors (Lipinski definition) is 4. The van der Waals surface area contributed by atoms with Crippen LogP contribution in [0.2, 0.25) is 0 Å². The average molecular weight is 483 g/mol. The molecule has 35 heavy (non-hydrogen) atoms. The standard InChI is InChI=1S/C25H24F3N5O2/c1-2-21-15-7-13(34)8-22(15)33(21)24(35)20-9-19(32-12-25(26,27)28)17(11-31-20)23(29)16-10-30-18-6-4-3-5-14(16)18/h2-6,9-11,13,15,22,29-30,34H,7-8,12H2,1H3,(H,31,32)/b21-2+,29-23?. The lowest BCUT2D eigenvalue weighted by molar-refractivity contribution is -0.115. The van der Waals surface area contributed by atoms with E-state index < -0.39 is 24.7 Å². The van der Waals surface area contributed by atoms with Crippen molar-refractivity contribution in [3.8, 4) is 0 Å². The minimum atomic E-state index is -4.49. The van der Waals surface area contributed by atoms with Crippen molar-refractivity contribution in [3.63, 3.8) is 0 Å². The summed E-state index contributed by atoms with van der Waals surface area (Å²) in [5, 5.41) is 21.8. The number of aromatic nitrogens is 2. The Labute approximate surface area is 199 Å². The van der Waals surface area contributed by atoms with Gasteiger partial charge in [0.2, 0.25) is 0 Å². The summed E-state index contributed by atoms with van der Waals surface area (Å²) >= 11 is 0. The molecular formula is C25H24F3N5O2. The van der Waals surface area contributed by atoms with E-state index in [0.717, 1.165) is 16.6 Å². The second-order valence-electron chi connectivity index (χ2n) is 8.89. The van der Waals surface area contributed by atoms with Gasteiger partial charge in [-0.05, 0) is 31.9 Å². The molecule has 1 aliphatic carbocycles. The first-order valence-corrected chi connectivity index (χ1v) is 11.3. The van der Waals surface area contributed by atoms with Gasteiger partial charge in [0.1, 0.15) is 12.2 Å². The van der Waals surface area contributed by atoms with Gasteiger partial charge in [0.25, 0.3) is 5.91 Å². The molecular weight excluding hydrogens is 459 g/mol. The zero-order valence-electron chi connectivity index (χ0n) is 18.9. The highest BCUT2D eigenvalue weighted by atomic mass is 19.4. The number of hydrogen-bond acceptors (Lipinski definition) is 5. The van der Waals surface area contributed by atoms with Gasteiger partial charge >= 0.3 is 6.18 Å². The number of fused-ring (bicyclic) bond motifs is 2. The van der Waals surface area contributed by atoms with Gasteiger partial charge in [-0.15, -0.1) is 0 Å². The van der Waals surface area contributed by atoms with Gasteiger partial charge in [0.05, 0.1) is 11.8 Å². The van der Waals surface area contributed by atoms with Crippen LogP contribution in [0.1, 0.15) is 41.4 Å². The van der Waals surface area contributed by atoms with Crippen LogP contribution in [0.25, 0.3) is 10.9 Å². The number of benzene rings is 1. The molecule has 1 saturated heterocycles. The van der Waals surface area contributed by atoms with Crippen LogP contribution in [0.15, 0.2) is 54.5 Å². The van der Waals surface area contributed by atoms with E-state index in [1.165, 1.54) is 12.3 Å². The van der Waals surface area contributed by atoms with E-state index in [-0.39, 0.29) is 34.6 Å². The first-order chi connectivity index (χ1) is 16.7. The number of H-pyrrole nitrogens is 1. The van der Waals surface area contributed by atoms with Gasteiger partial charge in [0.15, 0.2) is 0 Å². The van der Waals surface area contributed by atoms with Crippen LogP contribution in [0.4, 0.5) is 18.9 Å². The zero-order chi connectivity index (χ0) is 24.9. The number of halogens is 3. The van der Waals surface area contributed by atoms with Crippen LogP contribution in [0.5, 0.6) is 0 Å². The lowest BCUT2D eigenvalue weighted by atomic mass is 9.86. The van der Waals surface area contributed by atoms with Crippen molar-refractivity contribution in [1.29, 1.82) is 5.41 Å². The molecule has 3 atom stereocenters. The molecule has 1 saturated carbocycles. The van der Waals surface area contributed by atoms with Gasteiger partial charge < -0.3 is 20.3 Å². The molecule has 2 aromatic heterocycles. The molecule has 3 aromatic rings. The molecule has 1 aliphatic heterocycles. The molecule has 0 spiro atoms. The van der Waals surface area contributed by atoms with Crippen molar-refractivity contribution in [2.24, 2.45) is 5.92 Å². The maximum absolute atomic E-state index is 13.3. The summed E-state index contributed by atoms with van der Waals surface area (Å²) < 4.78 is 39.1. The Morgan fingerprint density at radius 3 is 2.83 bits per heavy atom. The number of likely N-dealkylation sites (tertiary alicyclic amines) is 1. The van der Waals surface area contributed by atoms with Gasteiger partial charge in [-0.2, -0.15) is 13.2 Å². The Kier molecular flexibility index (Phi) is 5.63. The van der Waals surface area contributed by atoms with E-state index in [0.29, 0.717) is 18.4 Å². The molecule has 3 unspecified atom stereocenters. The van der Waals surface area contributed by atoms with E-state index in [4.69, 9.17) is 5.41 Å². The molecule has 5 rings (SSSR count). The lowest BCUT2D eigenvalue weighted by Crippen LogP contribution is -2.54. The van der Waals surface area contributed by atoms with Gasteiger partial charge in [-0.25, -0.2) is 0 Å². The molecule has 1 amide bonds. The number of alkyl halides is 3. The number of rotatable bonds is 5. The topological polar surface area (TPSA) is 105 Å². The Hall–Kier alpha value is -3.66. The van der Waals surface area contributed by atoms with Gasteiger partial charge in [0, 0.05) is 57.8 Å². The van der Waals surface area contributed by atoms with Crippen LogP contribution < -0.4 is 5.32 Å². The highest BCUT2D eigenvalue weighted by molar-refractivity contribution is 6.20.